The van der Waals surface area contributed by atoms with Crippen molar-refractivity contribution in [3.05, 3.63) is 28.2 Å². The predicted octanol–water partition coefficient (Wildman–Crippen LogP) is 4.63. The molecule has 0 atom stereocenters. The summed E-state index contributed by atoms with van der Waals surface area (Å²) in [6, 6.07) is 5.56. The van der Waals surface area contributed by atoms with Crippen molar-refractivity contribution >= 4 is 34.5 Å². The van der Waals surface area contributed by atoms with Crippen LogP contribution in [0.4, 0.5) is 0 Å². The molecule has 142 valence electrons. The molecular formula is C20H28BBrO4. The van der Waals surface area contributed by atoms with Crippen molar-refractivity contribution in [2.75, 3.05) is 0 Å². The third kappa shape index (κ3) is 3.88. The van der Waals surface area contributed by atoms with Crippen LogP contribution in [0.15, 0.2) is 22.7 Å². The molecule has 4 nitrogen and oxygen atoms in total. The summed E-state index contributed by atoms with van der Waals surface area (Å²) < 4.78 is 18.7. The van der Waals surface area contributed by atoms with Crippen LogP contribution in [0.3, 0.4) is 0 Å². The standard InChI is InChI=1S/C20H28BBrO4/c1-18(2)19(3,4)26-21(25-18)14-9-10-15(16(22)13-14)17(23)24-20(5)11-7-6-8-12-20/h9-10,13H,6-8,11-12H2,1-5H3. The average Bonchev–Trinajstić information content (AvgIpc) is 2.75. The Balaban J connectivity index is 1.75. The largest absolute Gasteiger partial charge is 0.494 e. The van der Waals surface area contributed by atoms with E-state index in [0.717, 1.165) is 31.1 Å². The van der Waals surface area contributed by atoms with E-state index in [1.807, 2.05) is 46.8 Å². The van der Waals surface area contributed by atoms with Gasteiger partial charge in [0.2, 0.25) is 0 Å². The first-order valence-electron chi connectivity index (χ1n) is 9.41. The van der Waals surface area contributed by atoms with Crippen LogP contribution >= 0.6 is 15.9 Å². The molecule has 1 saturated heterocycles. The van der Waals surface area contributed by atoms with E-state index in [9.17, 15) is 4.79 Å². The van der Waals surface area contributed by atoms with E-state index in [2.05, 4.69) is 15.9 Å². The number of rotatable bonds is 3. The van der Waals surface area contributed by atoms with Gasteiger partial charge >= 0.3 is 13.1 Å². The number of carbonyl (C=O) groups excluding carboxylic acids is 1. The summed E-state index contributed by atoms with van der Waals surface area (Å²) in [5.74, 6) is -0.276. The van der Waals surface area contributed by atoms with E-state index in [-0.39, 0.29) is 11.6 Å². The third-order valence-electron chi connectivity index (χ3n) is 5.99. The minimum Gasteiger partial charge on any atom is -0.456 e. The molecule has 0 unspecified atom stereocenters. The van der Waals surface area contributed by atoms with E-state index in [1.54, 1.807) is 6.07 Å². The lowest BCUT2D eigenvalue weighted by Crippen LogP contribution is -2.41. The van der Waals surface area contributed by atoms with E-state index in [1.165, 1.54) is 6.42 Å². The minimum absolute atomic E-state index is 0.276. The summed E-state index contributed by atoms with van der Waals surface area (Å²) in [6.07, 6.45) is 5.32. The van der Waals surface area contributed by atoms with Gasteiger partial charge in [-0.25, -0.2) is 4.79 Å². The summed E-state index contributed by atoms with van der Waals surface area (Å²) in [4.78, 5) is 12.7. The van der Waals surface area contributed by atoms with Crippen molar-refractivity contribution in [2.24, 2.45) is 0 Å². The zero-order valence-electron chi connectivity index (χ0n) is 16.4. The van der Waals surface area contributed by atoms with Crippen molar-refractivity contribution in [3.8, 4) is 0 Å². The second kappa shape index (κ2) is 6.95. The van der Waals surface area contributed by atoms with Crippen LogP contribution in [-0.4, -0.2) is 29.9 Å². The molecule has 2 aliphatic rings. The molecule has 0 bridgehead atoms. The number of carbonyl (C=O) groups is 1. The van der Waals surface area contributed by atoms with E-state index in [0.29, 0.717) is 10.0 Å². The Bertz CT molecular complexity index is 679. The van der Waals surface area contributed by atoms with Crippen LogP contribution in [0.1, 0.15) is 77.1 Å². The molecule has 1 saturated carbocycles. The highest BCUT2D eigenvalue weighted by atomic mass is 79.9. The van der Waals surface area contributed by atoms with Crippen LogP contribution < -0.4 is 5.46 Å². The molecule has 1 aliphatic heterocycles. The summed E-state index contributed by atoms with van der Waals surface area (Å²) in [7, 11) is -0.447. The van der Waals surface area contributed by atoms with Gasteiger partial charge in [0.1, 0.15) is 5.60 Å². The smallest absolute Gasteiger partial charge is 0.456 e. The number of hydrogen-bond acceptors (Lipinski definition) is 4. The monoisotopic (exact) mass is 422 g/mol. The van der Waals surface area contributed by atoms with Gasteiger partial charge < -0.3 is 14.0 Å². The van der Waals surface area contributed by atoms with Crippen molar-refractivity contribution < 1.29 is 18.8 Å². The molecule has 3 rings (SSSR count). The van der Waals surface area contributed by atoms with Gasteiger partial charge in [0.25, 0.3) is 0 Å². The number of esters is 1. The maximum Gasteiger partial charge on any atom is 0.494 e. The second-order valence-corrected chi connectivity index (χ2v) is 9.58. The van der Waals surface area contributed by atoms with Gasteiger partial charge in [-0.2, -0.15) is 0 Å². The fraction of sp³-hybridized carbons (Fsp3) is 0.650. The maximum absolute atomic E-state index is 12.7. The summed E-state index contributed by atoms with van der Waals surface area (Å²) in [5, 5.41) is 0. The minimum atomic E-state index is -0.447. The third-order valence-corrected chi connectivity index (χ3v) is 6.64. The highest BCUT2D eigenvalue weighted by Gasteiger charge is 2.51. The van der Waals surface area contributed by atoms with Gasteiger partial charge in [-0.05, 0) is 93.8 Å². The predicted molar refractivity (Wildman–Crippen MR) is 107 cm³/mol. The molecular weight excluding hydrogens is 395 g/mol. The van der Waals surface area contributed by atoms with Crippen molar-refractivity contribution in [2.45, 2.75) is 83.5 Å². The molecule has 26 heavy (non-hydrogen) atoms. The zero-order chi connectivity index (χ0) is 19.2. The average molecular weight is 423 g/mol. The quantitative estimate of drug-likeness (QED) is 0.526. The first kappa shape index (κ1) is 19.9. The molecule has 0 N–H and O–H groups in total. The van der Waals surface area contributed by atoms with Crippen molar-refractivity contribution in [1.29, 1.82) is 0 Å². The topological polar surface area (TPSA) is 44.8 Å². The Labute approximate surface area is 165 Å². The van der Waals surface area contributed by atoms with E-state index >= 15 is 0 Å². The van der Waals surface area contributed by atoms with E-state index in [4.69, 9.17) is 14.0 Å². The van der Waals surface area contributed by atoms with E-state index < -0.39 is 18.3 Å². The first-order chi connectivity index (χ1) is 12.0. The fourth-order valence-electron chi connectivity index (χ4n) is 3.50. The summed E-state index contributed by atoms with van der Waals surface area (Å²) >= 11 is 3.52. The van der Waals surface area contributed by atoms with Gasteiger partial charge in [-0.3, -0.25) is 0 Å². The molecule has 1 aliphatic carbocycles. The lowest BCUT2D eigenvalue weighted by molar-refractivity contribution is -0.0270. The Kier molecular flexibility index (Phi) is 5.32. The van der Waals surface area contributed by atoms with Gasteiger partial charge in [-0.15, -0.1) is 0 Å². The molecule has 2 fully saturated rings. The SMILES string of the molecule is CC1(OC(=O)c2ccc(B3OC(C)(C)C(C)(C)O3)cc2Br)CCCCC1. The van der Waals surface area contributed by atoms with Crippen LogP contribution in [0.2, 0.25) is 0 Å². The molecule has 6 heteroatoms. The van der Waals surface area contributed by atoms with Crippen LogP contribution in [0, 0.1) is 0 Å². The molecule has 1 aromatic carbocycles. The molecule has 0 amide bonds. The van der Waals surface area contributed by atoms with Crippen molar-refractivity contribution in [3.63, 3.8) is 0 Å². The van der Waals surface area contributed by atoms with Crippen molar-refractivity contribution in [1.82, 2.24) is 0 Å². The molecule has 0 radical (unpaired) electrons. The first-order valence-corrected chi connectivity index (χ1v) is 10.2. The zero-order valence-corrected chi connectivity index (χ0v) is 17.9. The van der Waals surface area contributed by atoms with Crippen LogP contribution in [-0.2, 0) is 14.0 Å². The molecule has 0 aromatic heterocycles. The molecule has 0 spiro atoms. The van der Waals surface area contributed by atoms with Gasteiger partial charge in [0.05, 0.1) is 16.8 Å². The molecule has 1 heterocycles. The Morgan fingerprint density at radius 2 is 1.62 bits per heavy atom. The molecule has 1 aromatic rings. The van der Waals surface area contributed by atoms with Crippen LogP contribution in [0.5, 0.6) is 0 Å². The van der Waals surface area contributed by atoms with Gasteiger partial charge in [-0.1, -0.05) is 12.5 Å². The van der Waals surface area contributed by atoms with Gasteiger partial charge in [0, 0.05) is 4.47 Å². The Morgan fingerprint density at radius 3 is 2.15 bits per heavy atom. The number of benzene rings is 1. The fourth-order valence-corrected chi connectivity index (χ4v) is 4.06. The summed E-state index contributed by atoms with van der Waals surface area (Å²) in [6.45, 7) is 10.1. The lowest BCUT2D eigenvalue weighted by atomic mass is 9.79. The normalized spacial score (nSPS) is 23.7. The Morgan fingerprint density at radius 1 is 1.04 bits per heavy atom. The number of ether oxygens (including phenoxy) is 1. The van der Waals surface area contributed by atoms with Gasteiger partial charge in [0.15, 0.2) is 0 Å². The lowest BCUT2D eigenvalue weighted by Gasteiger charge is -2.33. The number of hydrogen-bond donors (Lipinski definition) is 0. The maximum atomic E-state index is 12.7. The highest BCUT2D eigenvalue weighted by Crippen LogP contribution is 2.37. The summed E-state index contributed by atoms with van der Waals surface area (Å²) in [5.41, 5.74) is 0.293. The Hall–Kier alpha value is -0.845. The highest BCUT2D eigenvalue weighted by molar-refractivity contribution is 9.10. The number of halogens is 1. The van der Waals surface area contributed by atoms with Crippen LogP contribution in [0.25, 0.3) is 0 Å². The second-order valence-electron chi connectivity index (χ2n) is 8.73.